The predicted octanol–water partition coefficient (Wildman–Crippen LogP) is 0.997. The predicted molar refractivity (Wildman–Crippen MR) is 106 cm³/mol. The van der Waals surface area contributed by atoms with Crippen molar-refractivity contribution in [1.82, 2.24) is 10.1 Å². The highest BCUT2D eigenvalue weighted by Gasteiger charge is 2.21. The number of carbonyl (C=O) groups excluding carboxylic acids is 2. The van der Waals surface area contributed by atoms with Crippen LogP contribution < -0.4 is 15.0 Å². The SMILES string of the molecule is CC[NH+](CC)CCN(CC(=O)Nc1cc(C)on1)C(=O)c1ccc(OC)cc1. The van der Waals surface area contributed by atoms with Crippen molar-refractivity contribution in [2.24, 2.45) is 0 Å². The largest absolute Gasteiger partial charge is 0.497 e. The summed E-state index contributed by atoms with van der Waals surface area (Å²) in [5.41, 5.74) is 0.514. The molecular formula is C20H29N4O4+. The Hall–Kier alpha value is -2.87. The molecule has 28 heavy (non-hydrogen) atoms. The highest BCUT2D eigenvalue weighted by Crippen LogP contribution is 2.13. The summed E-state index contributed by atoms with van der Waals surface area (Å²) in [6.45, 7) is 9.07. The standard InChI is InChI=1S/C20H28N4O4/c1-5-23(6-2)11-12-24(14-19(25)21-18-13-15(3)28-22-18)20(26)16-7-9-17(27-4)10-8-16/h7-10,13H,5-6,11-12,14H2,1-4H3,(H,21,22,25)/p+1. The zero-order valence-corrected chi connectivity index (χ0v) is 16.9. The van der Waals surface area contributed by atoms with Crippen molar-refractivity contribution < 1.29 is 23.7 Å². The van der Waals surface area contributed by atoms with Gasteiger partial charge in [0.2, 0.25) is 5.91 Å². The van der Waals surface area contributed by atoms with E-state index in [9.17, 15) is 9.59 Å². The van der Waals surface area contributed by atoms with E-state index in [2.05, 4.69) is 24.3 Å². The topological polar surface area (TPSA) is 89.1 Å². The van der Waals surface area contributed by atoms with Gasteiger partial charge in [-0.25, -0.2) is 0 Å². The highest BCUT2D eigenvalue weighted by atomic mass is 16.5. The number of hydrogen-bond acceptors (Lipinski definition) is 5. The van der Waals surface area contributed by atoms with Crippen molar-refractivity contribution in [1.29, 1.82) is 0 Å². The lowest BCUT2D eigenvalue weighted by molar-refractivity contribution is -0.895. The minimum absolute atomic E-state index is 0.0581. The van der Waals surface area contributed by atoms with Crippen molar-refractivity contribution in [3.05, 3.63) is 41.7 Å². The maximum Gasteiger partial charge on any atom is 0.254 e. The molecule has 0 aliphatic rings. The molecule has 2 N–H and O–H groups in total. The third kappa shape index (κ3) is 6.09. The van der Waals surface area contributed by atoms with Gasteiger partial charge in [0.25, 0.3) is 5.91 Å². The molecule has 0 unspecified atom stereocenters. The molecule has 0 saturated carbocycles. The summed E-state index contributed by atoms with van der Waals surface area (Å²) < 4.78 is 10.1. The number of aromatic nitrogens is 1. The van der Waals surface area contributed by atoms with Crippen LogP contribution in [-0.2, 0) is 4.79 Å². The van der Waals surface area contributed by atoms with Crippen molar-refractivity contribution in [2.45, 2.75) is 20.8 Å². The molecule has 2 aromatic rings. The molecule has 8 nitrogen and oxygen atoms in total. The number of quaternary nitrogens is 1. The van der Waals surface area contributed by atoms with E-state index in [4.69, 9.17) is 9.26 Å². The van der Waals surface area contributed by atoms with Crippen LogP contribution in [0, 0.1) is 6.92 Å². The molecule has 1 heterocycles. The molecule has 0 fully saturated rings. The lowest BCUT2D eigenvalue weighted by Crippen LogP contribution is -3.12. The minimum Gasteiger partial charge on any atom is -0.497 e. The Morgan fingerprint density at radius 1 is 1.21 bits per heavy atom. The number of likely N-dealkylation sites (N-methyl/N-ethyl adjacent to an activating group) is 1. The summed E-state index contributed by atoms with van der Waals surface area (Å²) in [5.74, 6) is 1.11. The molecule has 0 aliphatic heterocycles. The monoisotopic (exact) mass is 389 g/mol. The number of rotatable bonds is 10. The number of aryl methyl sites for hydroxylation is 1. The van der Waals surface area contributed by atoms with Gasteiger partial charge in [-0.05, 0) is 45.0 Å². The van der Waals surface area contributed by atoms with Gasteiger partial charge in [-0.2, -0.15) is 0 Å². The van der Waals surface area contributed by atoms with Gasteiger partial charge < -0.3 is 24.4 Å². The van der Waals surface area contributed by atoms with Crippen molar-refractivity contribution >= 4 is 17.6 Å². The maximum atomic E-state index is 13.0. The van der Waals surface area contributed by atoms with Crippen LogP contribution in [0.2, 0.25) is 0 Å². The van der Waals surface area contributed by atoms with Crippen LogP contribution in [0.1, 0.15) is 30.0 Å². The number of methoxy groups -OCH3 is 1. The molecule has 0 aliphatic carbocycles. The van der Waals surface area contributed by atoms with Gasteiger partial charge in [0.1, 0.15) is 18.1 Å². The molecule has 0 saturated heterocycles. The Morgan fingerprint density at radius 2 is 1.89 bits per heavy atom. The van der Waals surface area contributed by atoms with Gasteiger partial charge in [-0.3, -0.25) is 9.59 Å². The molecule has 8 heteroatoms. The number of hydrogen-bond donors (Lipinski definition) is 2. The Morgan fingerprint density at radius 3 is 2.43 bits per heavy atom. The second kappa shape index (κ2) is 10.5. The molecule has 0 radical (unpaired) electrons. The first-order valence-corrected chi connectivity index (χ1v) is 9.46. The normalized spacial score (nSPS) is 10.8. The Bertz CT molecular complexity index is 769. The first-order chi connectivity index (χ1) is 13.5. The van der Waals surface area contributed by atoms with E-state index >= 15 is 0 Å². The summed E-state index contributed by atoms with van der Waals surface area (Å²) in [4.78, 5) is 28.4. The van der Waals surface area contributed by atoms with Crippen molar-refractivity contribution in [3.63, 3.8) is 0 Å². The first kappa shape index (κ1) is 21.4. The average molecular weight is 389 g/mol. The van der Waals surface area contributed by atoms with Crippen LogP contribution in [0.15, 0.2) is 34.9 Å². The number of nitrogens with zero attached hydrogens (tertiary/aromatic N) is 2. The van der Waals surface area contributed by atoms with Crippen molar-refractivity contribution in [2.75, 3.05) is 45.2 Å². The maximum absolute atomic E-state index is 13.0. The molecule has 0 spiro atoms. The van der Waals surface area contributed by atoms with Crippen LogP contribution in [0.4, 0.5) is 5.82 Å². The summed E-state index contributed by atoms with van der Waals surface area (Å²) in [5, 5.41) is 6.43. The molecule has 2 amide bonds. The van der Waals surface area contributed by atoms with Crippen LogP contribution in [0.3, 0.4) is 0 Å². The van der Waals surface area contributed by atoms with E-state index in [0.29, 0.717) is 29.4 Å². The number of carbonyl (C=O) groups is 2. The third-order valence-corrected chi connectivity index (χ3v) is 4.59. The van der Waals surface area contributed by atoms with E-state index in [-0.39, 0.29) is 18.4 Å². The van der Waals surface area contributed by atoms with Crippen LogP contribution in [0.5, 0.6) is 5.75 Å². The smallest absolute Gasteiger partial charge is 0.254 e. The molecule has 1 aromatic heterocycles. The number of ether oxygens (including phenoxy) is 1. The minimum atomic E-state index is -0.315. The quantitative estimate of drug-likeness (QED) is 0.633. The molecular weight excluding hydrogens is 360 g/mol. The Balaban J connectivity index is 2.10. The van der Waals surface area contributed by atoms with E-state index < -0.39 is 0 Å². The first-order valence-electron chi connectivity index (χ1n) is 9.46. The van der Waals surface area contributed by atoms with E-state index in [0.717, 1.165) is 19.6 Å². The van der Waals surface area contributed by atoms with Crippen LogP contribution in [-0.4, -0.2) is 61.7 Å². The van der Waals surface area contributed by atoms with Gasteiger partial charge in [0, 0.05) is 11.6 Å². The molecule has 0 atom stereocenters. The number of anilines is 1. The average Bonchev–Trinajstić information content (AvgIpc) is 3.11. The zero-order valence-electron chi connectivity index (χ0n) is 16.9. The highest BCUT2D eigenvalue weighted by molar-refractivity contribution is 5.99. The van der Waals surface area contributed by atoms with Crippen LogP contribution >= 0.6 is 0 Å². The lowest BCUT2D eigenvalue weighted by atomic mass is 10.2. The Labute approximate surface area is 165 Å². The second-order valence-corrected chi connectivity index (χ2v) is 6.53. The van der Waals surface area contributed by atoms with Gasteiger partial charge in [0.15, 0.2) is 5.82 Å². The number of amides is 2. The second-order valence-electron chi connectivity index (χ2n) is 6.53. The number of benzene rings is 1. The van der Waals surface area contributed by atoms with Gasteiger partial charge in [0.05, 0.1) is 33.3 Å². The van der Waals surface area contributed by atoms with Gasteiger partial charge in [-0.15, -0.1) is 0 Å². The zero-order chi connectivity index (χ0) is 20.5. The fourth-order valence-corrected chi connectivity index (χ4v) is 2.85. The molecule has 2 rings (SSSR count). The van der Waals surface area contributed by atoms with Gasteiger partial charge >= 0.3 is 0 Å². The molecule has 0 bridgehead atoms. The molecule has 1 aromatic carbocycles. The number of nitrogens with one attached hydrogen (secondary N) is 2. The fraction of sp³-hybridized carbons (Fsp3) is 0.450. The van der Waals surface area contributed by atoms with E-state index in [1.807, 2.05) is 0 Å². The fourth-order valence-electron chi connectivity index (χ4n) is 2.85. The lowest BCUT2D eigenvalue weighted by Gasteiger charge is -2.24. The summed E-state index contributed by atoms with van der Waals surface area (Å²) >= 11 is 0. The summed E-state index contributed by atoms with van der Waals surface area (Å²) in [7, 11) is 1.58. The van der Waals surface area contributed by atoms with Gasteiger partial charge in [-0.1, -0.05) is 5.16 Å². The van der Waals surface area contributed by atoms with Crippen LogP contribution in [0.25, 0.3) is 0 Å². The Kier molecular flexibility index (Phi) is 8.01. The summed E-state index contributed by atoms with van der Waals surface area (Å²) in [6, 6.07) is 8.51. The van der Waals surface area contributed by atoms with Crippen molar-refractivity contribution in [3.8, 4) is 5.75 Å². The van der Waals surface area contributed by atoms with E-state index in [1.54, 1.807) is 49.3 Å². The third-order valence-electron chi connectivity index (χ3n) is 4.59. The molecule has 152 valence electrons. The van der Waals surface area contributed by atoms with E-state index in [1.165, 1.54) is 4.90 Å². The summed E-state index contributed by atoms with van der Waals surface area (Å²) in [6.07, 6.45) is 0.